The van der Waals surface area contributed by atoms with Crippen molar-refractivity contribution in [2.24, 2.45) is 0 Å². The predicted molar refractivity (Wildman–Crippen MR) is 49.4 cm³/mol. The maximum absolute atomic E-state index is 11.2. The summed E-state index contributed by atoms with van der Waals surface area (Å²) in [6, 6.07) is 0. The van der Waals surface area contributed by atoms with Crippen LogP contribution in [0.4, 0.5) is 0 Å². The quantitative estimate of drug-likeness (QED) is 0.708. The van der Waals surface area contributed by atoms with Crippen molar-refractivity contribution in [3.63, 3.8) is 0 Å². The molecule has 0 spiro atoms. The van der Waals surface area contributed by atoms with E-state index in [1.54, 1.807) is 13.8 Å². The zero-order valence-electron chi connectivity index (χ0n) is 8.53. The summed E-state index contributed by atoms with van der Waals surface area (Å²) in [4.78, 5) is 9.20. The molecule has 1 fully saturated rings. The second-order valence-electron chi connectivity index (χ2n) is 4.14. The molecule has 2 atom stereocenters. The van der Waals surface area contributed by atoms with Crippen molar-refractivity contribution in [1.29, 1.82) is 0 Å². The summed E-state index contributed by atoms with van der Waals surface area (Å²) in [5.74, 6) is 0. The maximum Gasteiger partial charge on any atom is 0.473 e. The number of rotatable bonds is 2. The average Bonchev–Trinajstić information content (AvgIpc) is 1.96. The summed E-state index contributed by atoms with van der Waals surface area (Å²) in [6.07, 6.45) is 1.60. The van der Waals surface area contributed by atoms with Gasteiger partial charge < -0.3 is 4.89 Å². The molecule has 0 aromatic rings. The van der Waals surface area contributed by atoms with Crippen LogP contribution < -0.4 is 0 Å². The van der Waals surface area contributed by atoms with Crippen LogP contribution in [0.3, 0.4) is 0 Å². The first-order valence-electron chi connectivity index (χ1n) is 4.47. The van der Waals surface area contributed by atoms with Gasteiger partial charge in [0.25, 0.3) is 0 Å². The minimum Gasteiger partial charge on any atom is -0.302 e. The van der Waals surface area contributed by atoms with Gasteiger partial charge in [0, 0.05) is 0 Å². The molecule has 0 aromatic carbocycles. The Morgan fingerprint density at radius 2 is 1.85 bits per heavy atom. The van der Waals surface area contributed by atoms with E-state index in [0.717, 1.165) is 6.42 Å². The summed E-state index contributed by atoms with van der Waals surface area (Å²) in [5.41, 5.74) is -1.36. The SMILES string of the molecule is CCCC1(C)OP(=O)(O)OC1(C)C. The smallest absolute Gasteiger partial charge is 0.302 e. The van der Waals surface area contributed by atoms with Crippen molar-refractivity contribution in [3.8, 4) is 0 Å². The van der Waals surface area contributed by atoms with E-state index in [4.69, 9.17) is 9.05 Å². The molecule has 0 amide bonds. The van der Waals surface area contributed by atoms with Gasteiger partial charge in [0.05, 0.1) is 0 Å². The lowest BCUT2D eigenvalue weighted by Crippen LogP contribution is -2.44. The molecule has 1 N–H and O–H groups in total. The molecule has 4 nitrogen and oxygen atoms in total. The zero-order chi connectivity index (χ0) is 10.3. The topological polar surface area (TPSA) is 55.8 Å². The third-order valence-corrected chi connectivity index (χ3v) is 3.98. The molecule has 0 bridgehead atoms. The fourth-order valence-corrected chi connectivity index (χ4v) is 3.22. The fourth-order valence-electron chi connectivity index (χ4n) is 1.59. The Kier molecular flexibility index (Phi) is 2.63. The first-order valence-corrected chi connectivity index (χ1v) is 5.96. The van der Waals surface area contributed by atoms with Crippen LogP contribution in [-0.2, 0) is 13.6 Å². The molecule has 78 valence electrons. The Balaban J connectivity index is 2.93. The minimum absolute atomic E-state index is 0.661. The summed E-state index contributed by atoms with van der Waals surface area (Å²) in [6.45, 7) is 7.37. The van der Waals surface area contributed by atoms with Gasteiger partial charge in [0.2, 0.25) is 0 Å². The summed E-state index contributed by atoms with van der Waals surface area (Å²) < 4.78 is 21.3. The molecule has 5 heteroatoms. The highest BCUT2D eigenvalue weighted by Gasteiger charge is 2.57. The predicted octanol–water partition coefficient (Wildman–Crippen LogP) is 2.47. The number of phosphoric ester groups is 1. The van der Waals surface area contributed by atoms with Crippen molar-refractivity contribution in [3.05, 3.63) is 0 Å². The molecule has 1 aliphatic rings. The van der Waals surface area contributed by atoms with E-state index in [0.29, 0.717) is 6.42 Å². The molecule has 0 aliphatic carbocycles. The van der Waals surface area contributed by atoms with Gasteiger partial charge in [-0.15, -0.1) is 0 Å². The first kappa shape index (κ1) is 11.2. The zero-order valence-corrected chi connectivity index (χ0v) is 9.43. The van der Waals surface area contributed by atoms with E-state index in [9.17, 15) is 9.46 Å². The fraction of sp³-hybridized carbons (Fsp3) is 1.00. The highest BCUT2D eigenvalue weighted by atomic mass is 31.2. The molecular formula is C8H17O4P. The molecular weight excluding hydrogens is 191 g/mol. The molecule has 1 saturated heterocycles. The summed E-state index contributed by atoms with van der Waals surface area (Å²) in [5, 5.41) is 0. The maximum atomic E-state index is 11.2. The Hall–Kier alpha value is 0.110. The molecule has 1 rings (SSSR count). The molecule has 1 aliphatic heterocycles. The number of hydrogen-bond acceptors (Lipinski definition) is 3. The molecule has 2 unspecified atom stereocenters. The van der Waals surface area contributed by atoms with Gasteiger partial charge in [0.15, 0.2) is 0 Å². The van der Waals surface area contributed by atoms with Crippen LogP contribution in [0.1, 0.15) is 40.5 Å². The van der Waals surface area contributed by atoms with Crippen molar-refractivity contribution in [2.45, 2.75) is 51.7 Å². The summed E-state index contributed by atoms with van der Waals surface area (Å²) in [7, 11) is -3.82. The van der Waals surface area contributed by atoms with Gasteiger partial charge >= 0.3 is 7.82 Å². The molecule has 1 heterocycles. The van der Waals surface area contributed by atoms with E-state index in [1.807, 2.05) is 13.8 Å². The lowest BCUT2D eigenvalue weighted by molar-refractivity contribution is -0.0159. The van der Waals surface area contributed by atoms with Gasteiger partial charge in [-0.1, -0.05) is 13.3 Å². The largest absolute Gasteiger partial charge is 0.473 e. The first-order chi connectivity index (χ1) is 5.72. The number of phosphoric acid groups is 1. The standard InChI is InChI=1S/C8H17O4P/c1-5-6-8(4)7(2,3)11-13(9,10)12-8/h5-6H2,1-4H3,(H,9,10). The van der Waals surface area contributed by atoms with Gasteiger partial charge in [-0.25, -0.2) is 4.57 Å². The highest BCUT2D eigenvalue weighted by molar-refractivity contribution is 7.47. The van der Waals surface area contributed by atoms with Crippen LogP contribution in [0.15, 0.2) is 0 Å². The Morgan fingerprint density at radius 3 is 2.15 bits per heavy atom. The van der Waals surface area contributed by atoms with Gasteiger partial charge in [-0.2, -0.15) is 0 Å². The van der Waals surface area contributed by atoms with E-state index in [2.05, 4.69) is 0 Å². The van der Waals surface area contributed by atoms with Gasteiger partial charge in [-0.3, -0.25) is 9.05 Å². The summed E-state index contributed by atoms with van der Waals surface area (Å²) >= 11 is 0. The highest BCUT2D eigenvalue weighted by Crippen LogP contribution is 2.62. The average molecular weight is 208 g/mol. The van der Waals surface area contributed by atoms with E-state index < -0.39 is 19.0 Å². The van der Waals surface area contributed by atoms with Crippen molar-refractivity contribution < 1.29 is 18.5 Å². The van der Waals surface area contributed by atoms with E-state index in [-0.39, 0.29) is 0 Å². The van der Waals surface area contributed by atoms with Crippen molar-refractivity contribution in [2.75, 3.05) is 0 Å². The second kappa shape index (κ2) is 3.06. The molecule has 0 saturated carbocycles. The Bertz CT molecular complexity index is 251. The van der Waals surface area contributed by atoms with Crippen LogP contribution in [0, 0.1) is 0 Å². The van der Waals surface area contributed by atoms with Crippen molar-refractivity contribution >= 4 is 7.82 Å². The third kappa shape index (κ3) is 1.96. The van der Waals surface area contributed by atoms with Crippen LogP contribution >= 0.6 is 7.82 Å². The minimum atomic E-state index is -3.82. The van der Waals surface area contributed by atoms with Crippen molar-refractivity contribution in [1.82, 2.24) is 0 Å². The van der Waals surface area contributed by atoms with Crippen LogP contribution in [0.5, 0.6) is 0 Å². The lowest BCUT2D eigenvalue weighted by atomic mass is 9.84. The molecule has 0 radical (unpaired) electrons. The molecule has 0 aromatic heterocycles. The van der Waals surface area contributed by atoms with Gasteiger partial charge in [0.1, 0.15) is 11.2 Å². The van der Waals surface area contributed by atoms with Crippen LogP contribution in [0.25, 0.3) is 0 Å². The van der Waals surface area contributed by atoms with Crippen LogP contribution in [-0.4, -0.2) is 16.1 Å². The Labute approximate surface area is 78.9 Å². The lowest BCUT2D eigenvalue weighted by Gasteiger charge is -2.32. The number of hydrogen-bond donors (Lipinski definition) is 1. The van der Waals surface area contributed by atoms with Gasteiger partial charge in [-0.05, 0) is 27.2 Å². The second-order valence-corrected chi connectivity index (χ2v) is 5.44. The van der Waals surface area contributed by atoms with Crippen LogP contribution in [0.2, 0.25) is 0 Å². The van der Waals surface area contributed by atoms with E-state index in [1.165, 1.54) is 0 Å². The Morgan fingerprint density at radius 1 is 1.31 bits per heavy atom. The molecule has 13 heavy (non-hydrogen) atoms. The third-order valence-electron chi connectivity index (χ3n) is 2.66. The monoisotopic (exact) mass is 208 g/mol. The normalized spacial score (nSPS) is 43.8. The van der Waals surface area contributed by atoms with E-state index >= 15 is 0 Å².